The van der Waals surface area contributed by atoms with Gasteiger partial charge < -0.3 is 24.5 Å². The number of nitrogens with zero attached hydrogens (tertiary/aromatic N) is 1. The summed E-state index contributed by atoms with van der Waals surface area (Å²) in [5.74, 6) is -2.30. The molecule has 1 aromatic heterocycles. The van der Waals surface area contributed by atoms with Gasteiger partial charge in [-0.3, -0.25) is 4.79 Å². The van der Waals surface area contributed by atoms with Crippen LogP contribution in [0.4, 0.5) is 13.2 Å². The Bertz CT molecular complexity index is 817. The molecule has 10 heteroatoms. The fraction of sp³-hybridized carbons (Fsp3) is 0.333. The highest BCUT2D eigenvalue weighted by molar-refractivity contribution is 6.01. The highest BCUT2D eigenvalue weighted by Gasteiger charge is 2.35. The van der Waals surface area contributed by atoms with Gasteiger partial charge in [0.1, 0.15) is 11.4 Å². The Morgan fingerprint density at radius 1 is 1.36 bits per heavy atom. The molecule has 1 aromatic carbocycles. The van der Waals surface area contributed by atoms with Crippen molar-refractivity contribution in [2.45, 2.75) is 12.4 Å². The Morgan fingerprint density at radius 3 is 2.80 bits per heavy atom. The molecular weight excluding hydrogens is 345 g/mol. The number of halogens is 3. The van der Waals surface area contributed by atoms with Gasteiger partial charge in [-0.15, -0.1) is 13.2 Å². The first kappa shape index (κ1) is 17.1. The number of hydrogen-bond donors (Lipinski definition) is 2. The zero-order chi connectivity index (χ0) is 18.2. The molecule has 2 N–H and O–H groups in total. The molecule has 0 aliphatic carbocycles. The second-order valence-corrected chi connectivity index (χ2v) is 5.38. The largest absolute Gasteiger partial charge is 0.573 e. The minimum Gasteiger partial charge on any atom is -0.480 e. The van der Waals surface area contributed by atoms with Crippen LogP contribution in [0.15, 0.2) is 24.3 Å². The van der Waals surface area contributed by atoms with E-state index >= 15 is 0 Å². The zero-order valence-electron chi connectivity index (χ0n) is 12.7. The van der Waals surface area contributed by atoms with Crippen molar-refractivity contribution in [1.82, 2.24) is 9.88 Å². The lowest BCUT2D eigenvalue weighted by Crippen LogP contribution is -2.52. The first-order valence-corrected chi connectivity index (χ1v) is 7.25. The van der Waals surface area contributed by atoms with Crippen molar-refractivity contribution in [3.05, 3.63) is 30.0 Å². The van der Waals surface area contributed by atoms with E-state index in [4.69, 9.17) is 4.74 Å². The van der Waals surface area contributed by atoms with Crippen LogP contribution >= 0.6 is 0 Å². The Morgan fingerprint density at radius 2 is 2.12 bits per heavy atom. The van der Waals surface area contributed by atoms with E-state index in [1.165, 1.54) is 18.2 Å². The molecule has 0 saturated carbocycles. The number of carboxylic acid groups (broad SMARTS) is 1. The summed E-state index contributed by atoms with van der Waals surface area (Å²) in [6.45, 7) is 0.0962. The summed E-state index contributed by atoms with van der Waals surface area (Å²) in [6.07, 6.45) is -4.87. The quantitative estimate of drug-likeness (QED) is 0.876. The maximum Gasteiger partial charge on any atom is 0.573 e. The number of benzene rings is 1. The minimum atomic E-state index is -4.87. The van der Waals surface area contributed by atoms with Crippen molar-refractivity contribution >= 4 is 22.8 Å². The molecule has 1 amide bonds. The van der Waals surface area contributed by atoms with Gasteiger partial charge in [-0.1, -0.05) is 6.07 Å². The molecule has 2 aromatic rings. The van der Waals surface area contributed by atoms with Crippen molar-refractivity contribution < 1.29 is 37.3 Å². The number of nitrogens with one attached hydrogen (secondary N) is 1. The van der Waals surface area contributed by atoms with Gasteiger partial charge in [-0.05, 0) is 18.2 Å². The molecule has 3 rings (SSSR count). The number of aromatic nitrogens is 1. The van der Waals surface area contributed by atoms with Crippen LogP contribution in [-0.4, -0.2) is 59.0 Å². The maximum absolute atomic E-state index is 12.6. The lowest BCUT2D eigenvalue weighted by atomic mass is 10.2. The SMILES string of the molecule is O=C(O)C1COCCN1C(=O)c1cc2c(OC(F)(F)F)cccc2[nH]1. The second-order valence-electron chi connectivity index (χ2n) is 5.38. The van der Waals surface area contributed by atoms with E-state index < -0.39 is 30.0 Å². The molecule has 0 radical (unpaired) electrons. The van der Waals surface area contributed by atoms with Crippen LogP contribution in [0.3, 0.4) is 0 Å². The van der Waals surface area contributed by atoms with E-state index in [2.05, 4.69) is 9.72 Å². The van der Waals surface area contributed by atoms with Gasteiger partial charge in [0.05, 0.1) is 13.2 Å². The number of morpholine rings is 1. The standard InChI is InChI=1S/C15H13F3N2O5/c16-15(17,18)25-12-3-1-2-9-8(12)6-10(19-9)13(21)20-4-5-24-7-11(20)14(22)23/h1-3,6,11,19H,4-5,7H2,(H,22,23). The first-order chi connectivity index (χ1) is 11.8. The van der Waals surface area contributed by atoms with Crippen LogP contribution in [-0.2, 0) is 9.53 Å². The van der Waals surface area contributed by atoms with Crippen molar-refractivity contribution in [3.63, 3.8) is 0 Å². The number of fused-ring (bicyclic) bond motifs is 1. The van der Waals surface area contributed by atoms with E-state index in [9.17, 15) is 27.9 Å². The van der Waals surface area contributed by atoms with Gasteiger partial charge in [0.2, 0.25) is 0 Å². The van der Waals surface area contributed by atoms with Crippen molar-refractivity contribution in [2.24, 2.45) is 0 Å². The molecule has 25 heavy (non-hydrogen) atoms. The van der Waals surface area contributed by atoms with Gasteiger partial charge in [-0.25, -0.2) is 4.79 Å². The summed E-state index contributed by atoms with van der Waals surface area (Å²) >= 11 is 0. The molecule has 1 saturated heterocycles. The number of amides is 1. The van der Waals surface area contributed by atoms with Gasteiger partial charge in [0, 0.05) is 17.4 Å². The van der Waals surface area contributed by atoms with Crippen LogP contribution in [0.1, 0.15) is 10.5 Å². The first-order valence-electron chi connectivity index (χ1n) is 7.25. The molecule has 0 spiro atoms. The summed E-state index contributed by atoms with van der Waals surface area (Å²) in [5, 5.41) is 9.26. The van der Waals surface area contributed by atoms with E-state index in [0.717, 1.165) is 11.0 Å². The fourth-order valence-electron chi connectivity index (χ4n) is 2.66. The number of rotatable bonds is 3. The normalized spacial score (nSPS) is 18.4. The average Bonchev–Trinajstić information content (AvgIpc) is 2.98. The Hall–Kier alpha value is -2.75. The number of H-pyrrole nitrogens is 1. The zero-order valence-corrected chi connectivity index (χ0v) is 12.7. The maximum atomic E-state index is 12.6. The lowest BCUT2D eigenvalue weighted by molar-refractivity contribution is -0.274. The van der Waals surface area contributed by atoms with Crippen LogP contribution in [0, 0.1) is 0 Å². The Labute approximate surface area is 138 Å². The van der Waals surface area contributed by atoms with Gasteiger partial charge in [-0.2, -0.15) is 0 Å². The fourth-order valence-corrected chi connectivity index (χ4v) is 2.66. The van der Waals surface area contributed by atoms with Crippen molar-refractivity contribution in [1.29, 1.82) is 0 Å². The molecule has 1 aliphatic heterocycles. The highest BCUT2D eigenvalue weighted by Crippen LogP contribution is 2.31. The Balaban J connectivity index is 1.94. The molecule has 134 valence electrons. The summed E-state index contributed by atoms with van der Waals surface area (Å²) in [4.78, 5) is 27.7. The van der Waals surface area contributed by atoms with Gasteiger partial charge >= 0.3 is 12.3 Å². The summed E-state index contributed by atoms with van der Waals surface area (Å²) in [5.41, 5.74) is 0.242. The number of carboxylic acids is 1. The Kier molecular flexibility index (Phi) is 4.29. The molecule has 1 fully saturated rings. The molecule has 0 bridgehead atoms. The molecule has 2 heterocycles. The second kappa shape index (κ2) is 6.28. The van der Waals surface area contributed by atoms with E-state index in [0.29, 0.717) is 0 Å². The molecule has 1 aliphatic rings. The molecule has 1 atom stereocenters. The summed E-state index contributed by atoms with van der Waals surface area (Å²) in [6, 6.07) is 4.03. The third-order valence-electron chi connectivity index (χ3n) is 3.75. The van der Waals surface area contributed by atoms with Crippen molar-refractivity contribution in [3.8, 4) is 5.75 Å². The van der Waals surface area contributed by atoms with Crippen molar-refractivity contribution in [2.75, 3.05) is 19.8 Å². The van der Waals surface area contributed by atoms with E-state index in [1.54, 1.807) is 0 Å². The van der Waals surface area contributed by atoms with Crippen LogP contribution in [0.2, 0.25) is 0 Å². The number of aromatic amines is 1. The summed E-state index contributed by atoms with van der Waals surface area (Å²) in [7, 11) is 0. The molecular formula is C15H13F3N2O5. The third-order valence-corrected chi connectivity index (χ3v) is 3.75. The van der Waals surface area contributed by atoms with Crippen LogP contribution < -0.4 is 4.74 Å². The average molecular weight is 358 g/mol. The van der Waals surface area contributed by atoms with E-state index in [1.807, 2.05) is 0 Å². The summed E-state index contributed by atoms with van der Waals surface area (Å²) < 4.78 is 46.5. The number of aliphatic carboxylic acids is 1. The monoisotopic (exact) mass is 358 g/mol. The van der Waals surface area contributed by atoms with Gasteiger partial charge in [0.25, 0.3) is 5.91 Å². The number of carbonyl (C=O) groups excluding carboxylic acids is 1. The van der Waals surface area contributed by atoms with Gasteiger partial charge in [0.15, 0.2) is 6.04 Å². The smallest absolute Gasteiger partial charge is 0.480 e. The topological polar surface area (TPSA) is 91.9 Å². The number of alkyl halides is 3. The predicted octanol–water partition coefficient (Wildman–Crippen LogP) is 1.99. The number of hydrogen-bond acceptors (Lipinski definition) is 4. The highest BCUT2D eigenvalue weighted by atomic mass is 19.4. The van der Waals surface area contributed by atoms with E-state index in [-0.39, 0.29) is 36.4 Å². The number of carbonyl (C=O) groups is 2. The minimum absolute atomic E-state index is 0.0265. The molecule has 7 nitrogen and oxygen atoms in total. The third kappa shape index (κ3) is 3.53. The van der Waals surface area contributed by atoms with Crippen LogP contribution in [0.25, 0.3) is 10.9 Å². The predicted molar refractivity (Wildman–Crippen MR) is 78.3 cm³/mol. The van der Waals surface area contributed by atoms with Crippen LogP contribution in [0.5, 0.6) is 5.75 Å². The number of ether oxygens (including phenoxy) is 2. The lowest BCUT2D eigenvalue weighted by Gasteiger charge is -2.32. The molecule has 1 unspecified atom stereocenters.